The van der Waals surface area contributed by atoms with E-state index in [4.69, 9.17) is 9.84 Å². The average Bonchev–Trinajstić information content (AvgIpc) is 2.89. The van der Waals surface area contributed by atoms with Crippen molar-refractivity contribution in [1.29, 1.82) is 0 Å². The third-order valence-electron chi connectivity index (χ3n) is 3.51. The molecule has 104 valence electrons. The van der Waals surface area contributed by atoms with Crippen LogP contribution in [0.3, 0.4) is 0 Å². The molecule has 1 aliphatic rings. The van der Waals surface area contributed by atoms with Gasteiger partial charge in [-0.3, -0.25) is 4.79 Å². The van der Waals surface area contributed by atoms with Gasteiger partial charge < -0.3 is 9.84 Å². The second kappa shape index (κ2) is 5.77. The summed E-state index contributed by atoms with van der Waals surface area (Å²) < 4.78 is 5.79. The maximum atomic E-state index is 12.5. The molecule has 0 unspecified atom stereocenters. The number of carbonyl (C=O) groups is 1. The minimum atomic E-state index is 0.0515. The number of hydrogen-bond acceptors (Lipinski definition) is 4. The molecule has 3 rings (SSSR count). The Balaban J connectivity index is 1.87. The molecule has 0 aliphatic carbocycles. The van der Waals surface area contributed by atoms with Crippen LogP contribution in [0.15, 0.2) is 29.6 Å². The van der Waals surface area contributed by atoms with Gasteiger partial charge in [0.2, 0.25) is 0 Å². The summed E-state index contributed by atoms with van der Waals surface area (Å²) in [4.78, 5) is 13.4. The summed E-state index contributed by atoms with van der Waals surface area (Å²) in [5.41, 5.74) is 2.56. The molecule has 0 fully saturated rings. The van der Waals surface area contributed by atoms with Gasteiger partial charge in [0.05, 0.1) is 10.4 Å². The molecule has 0 atom stereocenters. The summed E-state index contributed by atoms with van der Waals surface area (Å²) in [6, 6.07) is 7.67. The monoisotopic (exact) mass is 288 g/mol. The lowest BCUT2D eigenvalue weighted by molar-refractivity contribution is 0.103. The highest BCUT2D eigenvalue weighted by atomic mass is 32.1. The van der Waals surface area contributed by atoms with Crippen molar-refractivity contribution >= 4 is 17.1 Å². The number of fused-ring (bicyclic) bond motifs is 2. The number of aliphatic hydroxyl groups excluding tert-OH is 1. The molecule has 0 radical (unpaired) electrons. The van der Waals surface area contributed by atoms with Crippen LogP contribution in [-0.4, -0.2) is 17.5 Å². The van der Waals surface area contributed by atoms with Gasteiger partial charge in [0.15, 0.2) is 5.78 Å². The standard InChI is InChI=1S/C16H16O3S/c17-7-2-1-3-11-4-5-12-14(9-11)19-10-15-13(16(12)18)6-8-20-15/h4-6,8-9,17H,1-3,7,10H2. The normalized spacial score (nSPS) is 13.3. The fourth-order valence-electron chi connectivity index (χ4n) is 2.41. The van der Waals surface area contributed by atoms with Crippen molar-refractivity contribution in [1.82, 2.24) is 0 Å². The Morgan fingerprint density at radius 3 is 2.95 bits per heavy atom. The van der Waals surface area contributed by atoms with Crippen molar-refractivity contribution in [2.24, 2.45) is 0 Å². The number of ether oxygens (including phenoxy) is 1. The summed E-state index contributed by atoms with van der Waals surface area (Å²) in [7, 11) is 0. The first-order valence-corrected chi connectivity index (χ1v) is 7.65. The Kier molecular flexibility index (Phi) is 3.85. The smallest absolute Gasteiger partial charge is 0.198 e. The molecule has 1 aromatic carbocycles. The first-order valence-electron chi connectivity index (χ1n) is 6.77. The fourth-order valence-corrected chi connectivity index (χ4v) is 3.20. The van der Waals surface area contributed by atoms with Crippen LogP contribution in [0.5, 0.6) is 5.75 Å². The Labute approximate surface area is 121 Å². The molecule has 0 amide bonds. The maximum Gasteiger partial charge on any atom is 0.198 e. The molecule has 0 saturated heterocycles. The molecule has 0 bridgehead atoms. The van der Waals surface area contributed by atoms with Gasteiger partial charge in [-0.15, -0.1) is 11.3 Å². The van der Waals surface area contributed by atoms with Crippen LogP contribution in [0.2, 0.25) is 0 Å². The van der Waals surface area contributed by atoms with E-state index in [1.807, 2.05) is 29.6 Å². The van der Waals surface area contributed by atoms with E-state index in [-0.39, 0.29) is 12.4 Å². The highest BCUT2D eigenvalue weighted by molar-refractivity contribution is 7.10. The lowest BCUT2D eigenvalue weighted by Crippen LogP contribution is -2.01. The van der Waals surface area contributed by atoms with Crippen LogP contribution in [-0.2, 0) is 13.0 Å². The molecule has 1 aliphatic heterocycles. The molecule has 3 nitrogen and oxygen atoms in total. The van der Waals surface area contributed by atoms with E-state index < -0.39 is 0 Å². The van der Waals surface area contributed by atoms with Gasteiger partial charge in [-0.25, -0.2) is 0 Å². The molecule has 2 aromatic rings. The molecule has 1 N–H and O–H groups in total. The van der Waals surface area contributed by atoms with Gasteiger partial charge in [0, 0.05) is 12.2 Å². The van der Waals surface area contributed by atoms with Crippen LogP contribution >= 0.6 is 11.3 Å². The third kappa shape index (κ3) is 2.49. The highest BCUT2D eigenvalue weighted by Crippen LogP contribution is 2.31. The highest BCUT2D eigenvalue weighted by Gasteiger charge is 2.23. The van der Waals surface area contributed by atoms with E-state index in [0.717, 1.165) is 35.3 Å². The van der Waals surface area contributed by atoms with Gasteiger partial charge in [0.25, 0.3) is 0 Å². The van der Waals surface area contributed by atoms with Crippen LogP contribution in [0, 0.1) is 0 Å². The quantitative estimate of drug-likeness (QED) is 0.879. The Morgan fingerprint density at radius 1 is 1.20 bits per heavy atom. The average molecular weight is 288 g/mol. The Hall–Kier alpha value is -1.65. The van der Waals surface area contributed by atoms with Crippen molar-refractivity contribution in [3.63, 3.8) is 0 Å². The molecule has 1 aromatic heterocycles. The van der Waals surface area contributed by atoms with Gasteiger partial charge >= 0.3 is 0 Å². The van der Waals surface area contributed by atoms with E-state index >= 15 is 0 Å². The van der Waals surface area contributed by atoms with Crippen LogP contribution < -0.4 is 4.74 Å². The van der Waals surface area contributed by atoms with E-state index in [2.05, 4.69) is 0 Å². The molecule has 0 spiro atoms. The van der Waals surface area contributed by atoms with Crippen LogP contribution in [0.1, 0.15) is 39.2 Å². The zero-order valence-electron chi connectivity index (χ0n) is 11.1. The summed E-state index contributed by atoms with van der Waals surface area (Å²) in [6.07, 6.45) is 2.64. The largest absolute Gasteiger partial charge is 0.487 e. The molecule has 20 heavy (non-hydrogen) atoms. The van der Waals surface area contributed by atoms with E-state index in [9.17, 15) is 4.79 Å². The second-order valence-electron chi connectivity index (χ2n) is 4.89. The predicted molar refractivity (Wildman–Crippen MR) is 78.5 cm³/mol. The number of ketones is 1. The zero-order valence-corrected chi connectivity index (χ0v) is 11.9. The summed E-state index contributed by atoms with van der Waals surface area (Å²) in [5, 5.41) is 10.7. The number of benzene rings is 1. The number of aliphatic hydroxyl groups is 1. The maximum absolute atomic E-state index is 12.5. The Morgan fingerprint density at radius 2 is 2.10 bits per heavy atom. The zero-order chi connectivity index (χ0) is 13.9. The molecule has 0 saturated carbocycles. The summed E-state index contributed by atoms with van der Waals surface area (Å²) in [6.45, 7) is 0.686. The van der Waals surface area contributed by atoms with E-state index in [0.29, 0.717) is 17.9 Å². The second-order valence-corrected chi connectivity index (χ2v) is 5.89. The lowest BCUT2D eigenvalue weighted by Gasteiger charge is -2.08. The molecular weight excluding hydrogens is 272 g/mol. The Bertz CT molecular complexity index is 630. The minimum absolute atomic E-state index is 0.0515. The van der Waals surface area contributed by atoms with Gasteiger partial charge in [-0.2, -0.15) is 0 Å². The van der Waals surface area contributed by atoms with Gasteiger partial charge in [-0.1, -0.05) is 6.07 Å². The summed E-state index contributed by atoms with van der Waals surface area (Å²) >= 11 is 1.56. The number of rotatable bonds is 4. The van der Waals surface area contributed by atoms with Crippen molar-refractivity contribution in [2.75, 3.05) is 6.61 Å². The van der Waals surface area contributed by atoms with Gasteiger partial charge in [0.1, 0.15) is 12.4 Å². The van der Waals surface area contributed by atoms with E-state index in [1.54, 1.807) is 11.3 Å². The van der Waals surface area contributed by atoms with Crippen LogP contribution in [0.4, 0.5) is 0 Å². The number of thiophene rings is 1. The fraction of sp³-hybridized carbons (Fsp3) is 0.312. The SMILES string of the molecule is O=C1c2ccc(CCCCO)cc2OCc2sccc21. The molecule has 2 heterocycles. The first-order chi connectivity index (χ1) is 9.79. The molecule has 4 heteroatoms. The van der Waals surface area contributed by atoms with Crippen molar-refractivity contribution in [3.8, 4) is 5.75 Å². The number of unbranched alkanes of at least 4 members (excludes halogenated alkanes) is 1. The number of carbonyl (C=O) groups excluding carboxylic acids is 1. The summed E-state index contributed by atoms with van der Waals surface area (Å²) in [5.74, 6) is 0.732. The van der Waals surface area contributed by atoms with E-state index in [1.165, 1.54) is 0 Å². The third-order valence-corrected chi connectivity index (χ3v) is 4.41. The van der Waals surface area contributed by atoms with Crippen molar-refractivity contribution < 1.29 is 14.6 Å². The topological polar surface area (TPSA) is 46.5 Å². The molecular formula is C16H16O3S. The van der Waals surface area contributed by atoms with Gasteiger partial charge in [-0.05, 0) is 48.4 Å². The predicted octanol–water partition coefficient (Wildman–Crippen LogP) is 3.19. The number of aryl methyl sites for hydroxylation is 1. The lowest BCUT2D eigenvalue weighted by atomic mass is 10.0. The van der Waals surface area contributed by atoms with Crippen molar-refractivity contribution in [2.45, 2.75) is 25.9 Å². The van der Waals surface area contributed by atoms with Crippen LogP contribution in [0.25, 0.3) is 0 Å². The number of hydrogen-bond donors (Lipinski definition) is 1. The van der Waals surface area contributed by atoms with Crippen molar-refractivity contribution in [3.05, 3.63) is 51.2 Å². The minimum Gasteiger partial charge on any atom is -0.487 e. The first kappa shape index (κ1) is 13.3.